The smallest absolute Gasteiger partial charge is 0.387 e. The lowest BCUT2D eigenvalue weighted by Gasteiger charge is -2.12. The van der Waals surface area contributed by atoms with Crippen molar-refractivity contribution < 1.29 is 32.6 Å². The maximum absolute atomic E-state index is 12.5. The van der Waals surface area contributed by atoms with E-state index in [9.17, 15) is 18.4 Å². The van der Waals surface area contributed by atoms with E-state index in [0.717, 1.165) is 0 Å². The molecule has 0 spiro atoms. The Morgan fingerprint density at radius 2 is 1.93 bits per heavy atom. The highest BCUT2D eigenvalue weighted by molar-refractivity contribution is 5.95. The van der Waals surface area contributed by atoms with Crippen molar-refractivity contribution in [2.45, 2.75) is 26.9 Å². The van der Waals surface area contributed by atoms with Gasteiger partial charge < -0.3 is 19.5 Å². The topological polar surface area (TPSA) is 86.8 Å². The molecule has 156 valence electrons. The van der Waals surface area contributed by atoms with Crippen LogP contribution < -0.4 is 14.8 Å². The Balaban J connectivity index is 1.97. The molecule has 2 rings (SSSR count). The summed E-state index contributed by atoms with van der Waals surface area (Å²) in [5.41, 5.74) is 1.53. The third-order valence-corrected chi connectivity index (χ3v) is 3.96. The molecule has 9 heteroatoms. The number of aryl methyl sites for hydroxylation is 1. The third-order valence-electron chi connectivity index (χ3n) is 3.96. The monoisotopic (exact) mass is 408 g/mol. The molecule has 7 nitrogen and oxygen atoms in total. The van der Waals surface area contributed by atoms with Crippen molar-refractivity contribution in [3.05, 3.63) is 52.8 Å². The molecule has 1 aromatic heterocycles. The minimum Gasteiger partial charge on any atom is -0.493 e. The number of alkyl halides is 2. The zero-order valence-corrected chi connectivity index (χ0v) is 16.3. The zero-order chi connectivity index (χ0) is 21.4. The number of pyridine rings is 1. The van der Waals surface area contributed by atoms with Crippen LogP contribution in [0.1, 0.15) is 39.0 Å². The number of nitrogens with zero attached hydrogens (tertiary/aromatic N) is 1. The van der Waals surface area contributed by atoms with E-state index in [-0.39, 0.29) is 30.3 Å². The van der Waals surface area contributed by atoms with Gasteiger partial charge in [0.15, 0.2) is 11.5 Å². The molecule has 0 bridgehead atoms. The number of carbonyl (C=O) groups excluding carboxylic acids is 2. The molecule has 0 aliphatic heterocycles. The Kier molecular flexibility index (Phi) is 7.88. The molecule has 1 amide bonds. The van der Waals surface area contributed by atoms with E-state index in [1.54, 1.807) is 19.9 Å². The van der Waals surface area contributed by atoms with Crippen LogP contribution in [0.5, 0.6) is 11.5 Å². The normalized spacial score (nSPS) is 10.6. The summed E-state index contributed by atoms with van der Waals surface area (Å²) in [6.07, 6.45) is 0.384. The number of amides is 1. The van der Waals surface area contributed by atoms with Crippen LogP contribution in [0.15, 0.2) is 30.3 Å². The number of ether oxygens (including phenoxy) is 3. The van der Waals surface area contributed by atoms with Crippen LogP contribution in [0.4, 0.5) is 8.78 Å². The van der Waals surface area contributed by atoms with E-state index in [4.69, 9.17) is 9.47 Å². The molecule has 0 aliphatic carbocycles. The highest BCUT2D eigenvalue weighted by atomic mass is 19.3. The summed E-state index contributed by atoms with van der Waals surface area (Å²) in [6.45, 7) is 0.847. The maximum Gasteiger partial charge on any atom is 0.387 e. The molecular weight excluding hydrogens is 386 g/mol. The highest BCUT2D eigenvalue weighted by Crippen LogP contribution is 2.29. The SMILES string of the molecule is CCOC(=O)c1ccc(C(=O)NCCc2ccc(OC)c(OC(F)F)c2)nc1C. The standard InChI is InChI=1S/C20H22F2N2O5/c1-4-28-19(26)14-6-7-15(24-12(14)2)18(25)23-10-9-13-5-8-16(27-3)17(11-13)29-20(21)22/h5-8,11,20H,4,9-10H2,1-3H3,(H,23,25). The molecule has 0 unspecified atom stereocenters. The molecular formula is C20H22F2N2O5. The zero-order valence-electron chi connectivity index (χ0n) is 16.3. The first-order valence-corrected chi connectivity index (χ1v) is 8.90. The molecule has 29 heavy (non-hydrogen) atoms. The molecule has 0 atom stereocenters. The van der Waals surface area contributed by atoms with Crippen LogP contribution in [-0.4, -0.2) is 43.7 Å². The molecule has 1 N–H and O–H groups in total. The Bertz CT molecular complexity index is 874. The highest BCUT2D eigenvalue weighted by Gasteiger charge is 2.15. The fourth-order valence-electron chi connectivity index (χ4n) is 2.59. The second-order valence-electron chi connectivity index (χ2n) is 5.92. The van der Waals surface area contributed by atoms with Crippen LogP contribution >= 0.6 is 0 Å². The first kappa shape index (κ1) is 22.1. The van der Waals surface area contributed by atoms with E-state index < -0.39 is 18.5 Å². The van der Waals surface area contributed by atoms with E-state index in [1.807, 2.05) is 0 Å². The fourth-order valence-corrected chi connectivity index (χ4v) is 2.59. The summed E-state index contributed by atoms with van der Waals surface area (Å²) in [5, 5.41) is 2.70. The number of hydrogen-bond donors (Lipinski definition) is 1. The Labute approximate surface area is 167 Å². The molecule has 0 saturated carbocycles. The molecule has 1 aromatic carbocycles. The second kappa shape index (κ2) is 10.4. The summed E-state index contributed by atoms with van der Waals surface area (Å²) >= 11 is 0. The van der Waals surface area contributed by atoms with Crippen molar-refractivity contribution in [1.29, 1.82) is 0 Å². The van der Waals surface area contributed by atoms with Crippen molar-refractivity contribution in [3.63, 3.8) is 0 Å². The third kappa shape index (κ3) is 6.13. The number of hydrogen-bond acceptors (Lipinski definition) is 6. The number of esters is 1. The van der Waals surface area contributed by atoms with Gasteiger partial charge in [-0.2, -0.15) is 8.78 Å². The van der Waals surface area contributed by atoms with Gasteiger partial charge in [-0.05, 0) is 50.1 Å². The average Bonchev–Trinajstić information content (AvgIpc) is 2.67. The van der Waals surface area contributed by atoms with Gasteiger partial charge in [0.1, 0.15) is 5.69 Å². The van der Waals surface area contributed by atoms with E-state index >= 15 is 0 Å². The predicted octanol–water partition coefficient (Wildman–Crippen LogP) is 3.15. The summed E-state index contributed by atoms with van der Waals surface area (Å²) in [4.78, 5) is 28.2. The van der Waals surface area contributed by atoms with Gasteiger partial charge in [-0.3, -0.25) is 4.79 Å². The van der Waals surface area contributed by atoms with E-state index in [1.165, 1.54) is 31.4 Å². The van der Waals surface area contributed by atoms with E-state index in [0.29, 0.717) is 23.2 Å². The molecule has 2 aromatic rings. The first-order valence-electron chi connectivity index (χ1n) is 8.90. The Morgan fingerprint density at radius 3 is 2.55 bits per heavy atom. The van der Waals surface area contributed by atoms with Crippen molar-refractivity contribution in [3.8, 4) is 11.5 Å². The minimum absolute atomic E-state index is 0.0711. The lowest BCUT2D eigenvalue weighted by molar-refractivity contribution is -0.0512. The van der Waals surface area contributed by atoms with Crippen LogP contribution in [0.25, 0.3) is 0 Å². The van der Waals surface area contributed by atoms with Gasteiger partial charge in [-0.25, -0.2) is 9.78 Å². The minimum atomic E-state index is -2.97. The van der Waals surface area contributed by atoms with Crippen LogP contribution in [0.2, 0.25) is 0 Å². The summed E-state index contributed by atoms with van der Waals surface area (Å²) < 4.78 is 39.3. The quantitative estimate of drug-likeness (QED) is 0.642. The van der Waals surface area contributed by atoms with Crippen LogP contribution in [-0.2, 0) is 11.2 Å². The lowest BCUT2D eigenvalue weighted by atomic mass is 10.1. The maximum atomic E-state index is 12.5. The number of nitrogens with one attached hydrogen (secondary N) is 1. The Morgan fingerprint density at radius 1 is 1.17 bits per heavy atom. The van der Waals surface area contributed by atoms with Crippen molar-refractivity contribution >= 4 is 11.9 Å². The molecule has 0 aliphatic rings. The molecule has 0 fully saturated rings. The predicted molar refractivity (Wildman–Crippen MR) is 101 cm³/mol. The number of benzene rings is 1. The fraction of sp³-hybridized carbons (Fsp3) is 0.350. The van der Waals surface area contributed by atoms with Gasteiger partial charge in [0, 0.05) is 6.54 Å². The van der Waals surface area contributed by atoms with Gasteiger partial charge in [-0.1, -0.05) is 6.07 Å². The molecule has 0 saturated heterocycles. The van der Waals surface area contributed by atoms with Gasteiger partial charge >= 0.3 is 12.6 Å². The van der Waals surface area contributed by atoms with Crippen molar-refractivity contribution in [1.82, 2.24) is 10.3 Å². The summed E-state index contributed by atoms with van der Waals surface area (Å²) in [5.74, 6) is -0.788. The number of carbonyl (C=O) groups is 2. The van der Waals surface area contributed by atoms with E-state index in [2.05, 4.69) is 15.0 Å². The van der Waals surface area contributed by atoms with Crippen LogP contribution in [0, 0.1) is 6.92 Å². The van der Waals surface area contributed by atoms with Crippen molar-refractivity contribution in [2.75, 3.05) is 20.3 Å². The Hall–Kier alpha value is -3.23. The van der Waals surface area contributed by atoms with Crippen LogP contribution in [0.3, 0.4) is 0 Å². The van der Waals surface area contributed by atoms with Gasteiger partial charge in [0.05, 0.1) is 25.0 Å². The first-order chi connectivity index (χ1) is 13.8. The number of halogens is 2. The van der Waals surface area contributed by atoms with Gasteiger partial charge in [0.25, 0.3) is 5.91 Å². The number of methoxy groups -OCH3 is 1. The summed E-state index contributed by atoms with van der Waals surface area (Å²) in [7, 11) is 1.36. The van der Waals surface area contributed by atoms with Gasteiger partial charge in [0.2, 0.25) is 0 Å². The lowest BCUT2D eigenvalue weighted by Crippen LogP contribution is -2.27. The summed E-state index contributed by atoms with van der Waals surface area (Å²) in [6, 6.07) is 7.59. The van der Waals surface area contributed by atoms with Gasteiger partial charge in [-0.15, -0.1) is 0 Å². The van der Waals surface area contributed by atoms with Crippen molar-refractivity contribution in [2.24, 2.45) is 0 Å². The number of aromatic nitrogens is 1. The molecule has 0 radical (unpaired) electrons. The second-order valence-corrected chi connectivity index (χ2v) is 5.92. The number of rotatable bonds is 9. The average molecular weight is 408 g/mol. The molecule has 1 heterocycles. The largest absolute Gasteiger partial charge is 0.493 e.